The van der Waals surface area contributed by atoms with Crippen molar-refractivity contribution in [3.63, 3.8) is 0 Å². The van der Waals surface area contributed by atoms with Crippen molar-refractivity contribution in [2.45, 2.75) is 0 Å². The summed E-state index contributed by atoms with van der Waals surface area (Å²) in [6, 6.07) is 12.8. The van der Waals surface area contributed by atoms with Crippen LogP contribution in [0.15, 0.2) is 57.6 Å². The number of para-hydroxylation sites is 1. The minimum atomic E-state index is -0.516. The lowest BCUT2D eigenvalue weighted by atomic mass is 10.1. The third-order valence-corrected chi connectivity index (χ3v) is 3.94. The van der Waals surface area contributed by atoms with Gasteiger partial charge in [0.05, 0.1) is 19.8 Å². The number of cyclic esters (lactones) is 1. The van der Waals surface area contributed by atoms with Crippen LogP contribution < -0.4 is 9.47 Å². The van der Waals surface area contributed by atoms with E-state index in [9.17, 15) is 4.79 Å². The van der Waals surface area contributed by atoms with Gasteiger partial charge in [-0.15, -0.1) is 0 Å². The summed E-state index contributed by atoms with van der Waals surface area (Å²) in [7, 11) is 3.13. The molecule has 1 aliphatic heterocycles. The van der Waals surface area contributed by atoms with Gasteiger partial charge in [0.2, 0.25) is 5.90 Å². The Morgan fingerprint density at radius 2 is 1.83 bits per heavy atom. The predicted octanol–water partition coefficient (Wildman–Crippen LogP) is 3.81. The highest BCUT2D eigenvalue weighted by Crippen LogP contribution is 2.29. The van der Waals surface area contributed by atoms with Crippen molar-refractivity contribution in [3.8, 4) is 11.5 Å². The molecule has 0 amide bonds. The maximum Gasteiger partial charge on any atom is 0.363 e. The largest absolute Gasteiger partial charge is 0.496 e. The number of rotatable bonds is 4. The normalized spacial score (nSPS) is 15.2. The molecule has 0 spiro atoms. The molecular formula is C18H14BrNO4. The molecule has 6 heteroatoms. The summed E-state index contributed by atoms with van der Waals surface area (Å²) in [5, 5.41) is 0. The minimum Gasteiger partial charge on any atom is -0.496 e. The van der Waals surface area contributed by atoms with E-state index in [4.69, 9.17) is 14.2 Å². The van der Waals surface area contributed by atoms with Crippen molar-refractivity contribution in [2.24, 2.45) is 4.99 Å². The van der Waals surface area contributed by atoms with Crippen molar-refractivity contribution >= 4 is 33.9 Å². The van der Waals surface area contributed by atoms with Crippen molar-refractivity contribution in [2.75, 3.05) is 14.2 Å². The topological polar surface area (TPSA) is 57.1 Å². The molecule has 0 bridgehead atoms. The SMILES string of the molecule is COc1ccccc1/C=C1\N=C(c2cc(Br)ccc2OC)OC1=O. The molecule has 5 nitrogen and oxygen atoms in total. The van der Waals surface area contributed by atoms with Gasteiger partial charge in [-0.1, -0.05) is 34.1 Å². The molecule has 2 aromatic rings. The van der Waals surface area contributed by atoms with Crippen molar-refractivity contribution < 1.29 is 19.0 Å². The van der Waals surface area contributed by atoms with Gasteiger partial charge in [0.1, 0.15) is 11.5 Å². The first-order chi connectivity index (χ1) is 11.6. The number of halogens is 1. The molecule has 0 aromatic heterocycles. The first-order valence-corrected chi connectivity index (χ1v) is 7.91. The quantitative estimate of drug-likeness (QED) is 0.591. The van der Waals surface area contributed by atoms with Crippen LogP contribution in [-0.4, -0.2) is 26.1 Å². The molecule has 0 fully saturated rings. The Kier molecular flexibility index (Phi) is 4.66. The van der Waals surface area contributed by atoms with E-state index < -0.39 is 5.97 Å². The third kappa shape index (κ3) is 3.19. The van der Waals surface area contributed by atoms with E-state index in [0.29, 0.717) is 17.1 Å². The number of hydrogen-bond acceptors (Lipinski definition) is 5. The number of hydrogen-bond donors (Lipinski definition) is 0. The van der Waals surface area contributed by atoms with E-state index in [1.54, 1.807) is 32.4 Å². The fourth-order valence-electron chi connectivity index (χ4n) is 2.30. The molecule has 1 aliphatic rings. The summed E-state index contributed by atoms with van der Waals surface area (Å²) < 4.78 is 16.7. The maximum absolute atomic E-state index is 12.1. The zero-order valence-electron chi connectivity index (χ0n) is 13.1. The molecule has 24 heavy (non-hydrogen) atoms. The lowest BCUT2D eigenvalue weighted by molar-refractivity contribution is -0.129. The highest BCUT2D eigenvalue weighted by atomic mass is 79.9. The minimum absolute atomic E-state index is 0.205. The van der Waals surface area contributed by atoms with Gasteiger partial charge in [-0.2, -0.15) is 0 Å². The molecule has 1 heterocycles. The molecular weight excluding hydrogens is 374 g/mol. The van der Waals surface area contributed by atoms with Gasteiger partial charge in [0.25, 0.3) is 0 Å². The highest BCUT2D eigenvalue weighted by Gasteiger charge is 2.26. The van der Waals surface area contributed by atoms with Crippen LogP contribution in [0.4, 0.5) is 0 Å². The number of ether oxygens (including phenoxy) is 3. The molecule has 0 atom stereocenters. The smallest absolute Gasteiger partial charge is 0.363 e. The van der Waals surface area contributed by atoms with Crippen LogP contribution in [0.25, 0.3) is 6.08 Å². The number of benzene rings is 2. The van der Waals surface area contributed by atoms with Crippen LogP contribution in [0, 0.1) is 0 Å². The Morgan fingerprint density at radius 1 is 1.08 bits per heavy atom. The summed E-state index contributed by atoms with van der Waals surface area (Å²) in [6.07, 6.45) is 1.64. The van der Waals surface area contributed by atoms with Gasteiger partial charge in [0, 0.05) is 10.0 Å². The monoisotopic (exact) mass is 387 g/mol. The summed E-state index contributed by atoms with van der Waals surface area (Å²) in [6.45, 7) is 0. The Balaban J connectivity index is 2.02. The van der Waals surface area contributed by atoms with Gasteiger partial charge in [0.15, 0.2) is 5.70 Å². The van der Waals surface area contributed by atoms with Crippen molar-refractivity contribution in [1.29, 1.82) is 0 Å². The second kappa shape index (κ2) is 6.88. The van der Waals surface area contributed by atoms with E-state index in [2.05, 4.69) is 20.9 Å². The van der Waals surface area contributed by atoms with E-state index in [1.807, 2.05) is 30.3 Å². The van der Waals surface area contributed by atoms with Gasteiger partial charge in [-0.05, 0) is 30.3 Å². The number of methoxy groups -OCH3 is 2. The molecule has 0 aliphatic carbocycles. The molecule has 122 valence electrons. The molecule has 0 N–H and O–H groups in total. The highest BCUT2D eigenvalue weighted by molar-refractivity contribution is 9.10. The lowest BCUT2D eigenvalue weighted by Gasteiger charge is -2.07. The Hall–Kier alpha value is -2.60. The number of aliphatic imine (C=N–C) groups is 1. The van der Waals surface area contributed by atoms with Gasteiger partial charge >= 0.3 is 5.97 Å². The zero-order valence-corrected chi connectivity index (χ0v) is 14.7. The summed E-state index contributed by atoms with van der Waals surface area (Å²) in [4.78, 5) is 16.5. The molecule has 0 saturated heterocycles. The van der Waals surface area contributed by atoms with Crippen LogP contribution in [-0.2, 0) is 9.53 Å². The van der Waals surface area contributed by atoms with Crippen LogP contribution in [0.3, 0.4) is 0 Å². The molecule has 2 aromatic carbocycles. The van der Waals surface area contributed by atoms with Crippen LogP contribution in [0.2, 0.25) is 0 Å². The van der Waals surface area contributed by atoms with E-state index in [1.165, 1.54) is 0 Å². The van der Waals surface area contributed by atoms with Crippen molar-refractivity contribution in [1.82, 2.24) is 0 Å². The number of carbonyl (C=O) groups is 1. The average Bonchev–Trinajstić information content (AvgIpc) is 2.96. The van der Waals surface area contributed by atoms with Gasteiger partial charge in [-0.25, -0.2) is 9.79 Å². The third-order valence-electron chi connectivity index (χ3n) is 3.44. The Bertz CT molecular complexity index is 858. The fraction of sp³-hybridized carbons (Fsp3) is 0.111. The van der Waals surface area contributed by atoms with Crippen LogP contribution >= 0.6 is 15.9 Å². The fourth-order valence-corrected chi connectivity index (χ4v) is 2.67. The number of carbonyl (C=O) groups excluding carboxylic acids is 1. The number of esters is 1. The van der Waals surface area contributed by atoms with E-state index >= 15 is 0 Å². The average molecular weight is 388 g/mol. The number of nitrogens with zero attached hydrogens (tertiary/aromatic N) is 1. The first-order valence-electron chi connectivity index (χ1n) is 7.12. The molecule has 0 radical (unpaired) electrons. The first kappa shape index (κ1) is 16.3. The van der Waals surface area contributed by atoms with Gasteiger partial charge < -0.3 is 14.2 Å². The summed E-state index contributed by atoms with van der Waals surface area (Å²) in [5.41, 5.74) is 1.55. The van der Waals surface area contributed by atoms with Crippen molar-refractivity contribution in [3.05, 3.63) is 63.8 Å². The predicted molar refractivity (Wildman–Crippen MR) is 94.3 cm³/mol. The van der Waals surface area contributed by atoms with Crippen LogP contribution in [0.1, 0.15) is 11.1 Å². The summed E-state index contributed by atoms with van der Waals surface area (Å²) >= 11 is 3.39. The molecule has 0 saturated carbocycles. The molecule has 0 unspecified atom stereocenters. The lowest BCUT2D eigenvalue weighted by Crippen LogP contribution is -2.07. The Morgan fingerprint density at radius 3 is 2.58 bits per heavy atom. The van der Waals surface area contributed by atoms with E-state index in [-0.39, 0.29) is 11.6 Å². The zero-order chi connectivity index (χ0) is 17.1. The second-order valence-electron chi connectivity index (χ2n) is 4.92. The second-order valence-corrected chi connectivity index (χ2v) is 5.84. The summed E-state index contributed by atoms with van der Waals surface area (Å²) in [5.74, 6) is 0.919. The maximum atomic E-state index is 12.1. The standard InChI is InChI=1S/C18H14BrNO4/c1-22-15-6-4-3-5-11(15)9-14-18(21)24-17(20-14)13-10-12(19)7-8-16(13)23-2/h3-10H,1-2H3/b14-9-. The Labute approximate surface area is 147 Å². The van der Waals surface area contributed by atoms with E-state index in [0.717, 1.165) is 10.0 Å². The van der Waals surface area contributed by atoms with Crippen LogP contribution in [0.5, 0.6) is 11.5 Å². The molecule has 3 rings (SSSR count). The van der Waals surface area contributed by atoms with Gasteiger partial charge in [-0.3, -0.25) is 0 Å².